The van der Waals surface area contributed by atoms with E-state index >= 15 is 0 Å². The van der Waals surface area contributed by atoms with E-state index < -0.39 is 15.4 Å². The second kappa shape index (κ2) is 6.30. The summed E-state index contributed by atoms with van der Waals surface area (Å²) >= 11 is 0. The second-order valence-electron chi connectivity index (χ2n) is 8.23. The highest BCUT2D eigenvalue weighted by Crippen LogP contribution is 2.51. The molecular formula is C19H27N3O3S. The third-order valence-electron chi connectivity index (χ3n) is 6.24. The van der Waals surface area contributed by atoms with Crippen LogP contribution in [-0.4, -0.2) is 59.4 Å². The summed E-state index contributed by atoms with van der Waals surface area (Å²) in [5, 5.41) is -0.243. The molecule has 7 heteroatoms. The van der Waals surface area contributed by atoms with Gasteiger partial charge in [0, 0.05) is 44.0 Å². The van der Waals surface area contributed by atoms with Gasteiger partial charge in [0.2, 0.25) is 15.9 Å². The quantitative estimate of drug-likeness (QED) is 0.805. The maximum Gasteiger partial charge on any atom is 0.231 e. The van der Waals surface area contributed by atoms with E-state index in [0.29, 0.717) is 13.1 Å². The predicted octanol–water partition coefficient (Wildman–Crippen LogP) is 1.99. The summed E-state index contributed by atoms with van der Waals surface area (Å²) in [5.74, 6) is -0.0140. The average Bonchev–Trinajstić information content (AvgIpc) is 3.41. The van der Waals surface area contributed by atoms with Crippen molar-refractivity contribution in [2.45, 2.75) is 56.7 Å². The van der Waals surface area contributed by atoms with Gasteiger partial charge in [0.25, 0.3) is 0 Å². The van der Waals surface area contributed by atoms with Crippen molar-refractivity contribution in [3.63, 3.8) is 0 Å². The Balaban J connectivity index is 1.75. The summed E-state index contributed by atoms with van der Waals surface area (Å²) in [7, 11) is -3.30. The fourth-order valence-corrected chi connectivity index (χ4v) is 6.59. The Hall–Kier alpha value is -1.47. The van der Waals surface area contributed by atoms with Crippen LogP contribution in [-0.2, 0) is 14.8 Å². The molecule has 2 atom stereocenters. The Kier molecular flexibility index (Phi) is 4.34. The molecule has 3 fully saturated rings. The van der Waals surface area contributed by atoms with Crippen LogP contribution in [0.2, 0.25) is 0 Å². The lowest BCUT2D eigenvalue weighted by Crippen LogP contribution is -2.54. The van der Waals surface area contributed by atoms with E-state index in [4.69, 9.17) is 0 Å². The lowest BCUT2D eigenvalue weighted by atomic mass is 9.69. The van der Waals surface area contributed by atoms with Crippen molar-refractivity contribution in [1.29, 1.82) is 0 Å². The SMILES string of the molecule is CC(C)N1CCC[C@@]2(CN(S(=O)(=O)C3CC3)C[C@H]2c2cccnc2)C1=O. The molecule has 1 saturated carbocycles. The fraction of sp³-hybridized carbons (Fsp3) is 0.684. The van der Waals surface area contributed by atoms with E-state index in [1.54, 1.807) is 16.7 Å². The summed E-state index contributed by atoms with van der Waals surface area (Å²) in [6.07, 6.45) is 6.66. The molecule has 2 saturated heterocycles. The number of nitrogens with zero attached hydrogens (tertiary/aromatic N) is 3. The highest BCUT2D eigenvalue weighted by atomic mass is 32.2. The lowest BCUT2D eigenvalue weighted by molar-refractivity contribution is -0.148. The van der Waals surface area contributed by atoms with E-state index in [0.717, 1.165) is 37.8 Å². The Morgan fingerprint density at radius 3 is 2.69 bits per heavy atom. The number of sulfonamides is 1. The van der Waals surface area contributed by atoms with Crippen molar-refractivity contribution in [3.05, 3.63) is 30.1 Å². The number of rotatable bonds is 4. The van der Waals surface area contributed by atoms with Crippen molar-refractivity contribution < 1.29 is 13.2 Å². The Morgan fingerprint density at radius 1 is 1.31 bits per heavy atom. The standard InChI is InChI=1S/C19H27N3O3S/c1-14(2)22-10-4-8-19(18(22)23)13-21(26(24,25)16-6-7-16)12-17(19)15-5-3-9-20-11-15/h3,5,9,11,14,16-17H,4,6-8,10,12-13H2,1-2H3/t17-,19-/m0/s1. The van der Waals surface area contributed by atoms with Gasteiger partial charge in [-0.2, -0.15) is 4.31 Å². The van der Waals surface area contributed by atoms with Crippen LogP contribution in [0.15, 0.2) is 24.5 Å². The van der Waals surface area contributed by atoms with Crippen molar-refractivity contribution in [2.75, 3.05) is 19.6 Å². The van der Waals surface area contributed by atoms with E-state index in [9.17, 15) is 13.2 Å². The fourth-order valence-electron chi connectivity index (χ4n) is 4.67. The topological polar surface area (TPSA) is 70.6 Å². The molecule has 3 aliphatic rings. The van der Waals surface area contributed by atoms with Gasteiger partial charge in [0.05, 0.1) is 10.7 Å². The largest absolute Gasteiger partial charge is 0.340 e. The number of piperidine rings is 1. The first kappa shape index (κ1) is 17.9. The van der Waals surface area contributed by atoms with Gasteiger partial charge in [-0.15, -0.1) is 0 Å². The van der Waals surface area contributed by atoms with Gasteiger partial charge < -0.3 is 4.90 Å². The highest BCUT2D eigenvalue weighted by Gasteiger charge is 2.59. The maximum absolute atomic E-state index is 13.5. The predicted molar refractivity (Wildman–Crippen MR) is 99.0 cm³/mol. The third-order valence-corrected chi connectivity index (χ3v) is 8.55. The number of pyridine rings is 1. The molecule has 1 amide bonds. The minimum absolute atomic E-state index is 0.112. The number of aromatic nitrogens is 1. The lowest BCUT2D eigenvalue weighted by Gasteiger charge is -2.44. The molecule has 0 radical (unpaired) electrons. The van der Waals surface area contributed by atoms with Gasteiger partial charge in [-0.3, -0.25) is 9.78 Å². The molecule has 0 N–H and O–H groups in total. The summed E-state index contributed by atoms with van der Waals surface area (Å²) < 4.78 is 27.4. The molecule has 4 rings (SSSR count). The Morgan fingerprint density at radius 2 is 2.08 bits per heavy atom. The maximum atomic E-state index is 13.5. The third kappa shape index (κ3) is 2.76. The first-order chi connectivity index (χ1) is 12.4. The number of carbonyl (C=O) groups excluding carboxylic acids is 1. The molecule has 1 aliphatic carbocycles. The monoisotopic (exact) mass is 377 g/mol. The van der Waals surface area contributed by atoms with Crippen molar-refractivity contribution in [1.82, 2.24) is 14.2 Å². The summed E-state index contributed by atoms with van der Waals surface area (Å²) in [6.45, 7) is 5.52. The summed E-state index contributed by atoms with van der Waals surface area (Å²) in [4.78, 5) is 19.7. The molecule has 3 heterocycles. The van der Waals surface area contributed by atoms with Crippen LogP contribution in [0.3, 0.4) is 0 Å². The molecule has 0 aromatic carbocycles. The Bertz CT molecular complexity index is 792. The molecule has 0 bridgehead atoms. The first-order valence-electron chi connectivity index (χ1n) is 9.56. The van der Waals surface area contributed by atoms with E-state index in [2.05, 4.69) is 4.98 Å². The molecule has 1 aromatic rings. The smallest absolute Gasteiger partial charge is 0.231 e. The molecule has 6 nitrogen and oxygen atoms in total. The zero-order valence-electron chi connectivity index (χ0n) is 15.5. The van der Waals surface area contributed by atoms with Gasteiger partial charge >= 0.3 is 0 Å². The molecule has 0 unspecified atom stereocenters. The highest BCUT2D eigenvalue weighted by molar-refractivity contribution is 7.90. The molecular weight excluding hydrogens is 350 g/mol. The number of carbonyl (C=O) groups is 1. The van der Waals surface area contributed by atoms with Gasteiger partial charge in [-0.1, -0.05) is 6.07 Å². The average molecular weight is 378 g/mol. The van der Waals surface area contributed by atoms with Gasteiger partial charge in [-0.25, -0.2) is 8.42 Å². The van der Waals surface area contributed by atoms with Crippen LogP contribution in [0.1, 0.15) is 51.0 Å². The number of amides is 1. The van der Waals surface area contributed by atoms with E-state index in [1.807, 2.05) is 30.9 Å². The van der Waals surface area contributed by atoms with Gasteiger partial charge in [0.1, 0.15) is 0 Å². The number of likely N-dealkylation sites (tertiary alicyclic amines) is 1. The molecule has 26 heavy (non-hydrogen) atoms. The van der Waals surface area contributed by atoms with Crippen LogP contribution in [0.4, 0.5) is 0 Å². The summed E-state index contributed by atoms with van der Waals surface area (Å²) in [6, 6.07) is 3.98. The second-order valence-corrected chi connectivity index (χ2v) is 10.4. The van der Waals surface area contributed by atoms with Crippen LogP contribution in [0, 0.1) is 5.41 Å². The normalized spacial score (nSPS) is 30.5. The van der Waals surface area contributed by atoms with Gasteiger partial charge in [-0.05, 0) is 51.2 Å². The zero-order chi connectivity index (χ0) is 18.5. The van der Waals surface area contributed by atoms with Crippen LogP contribution in [0.5, 0.6) is 0 Å². The molecule has 2 aliphatic heterocycles. The minimum Gasteiger partial charge on any atom is -0.340 e. The van der Waals surface area contributed by atoms with Crippen molar-refractivity contribution in [3.8, 4) is 0 Å². The van der Waals surface area contributed by atoms with Crippen molar-refractivity contribution >= 4 is 15.9 Å². The van der Waals surface area contributed by atoms with Gasteiger partial charge in [0.15, 0.2) is 0 Å². The Labute approximate surface area is 155 Å². The minimum atomic E-state index is -3.30. The van der Waals surface area contributed by atoms with Crippen LogP contribution < -0.4 is 0 Å². The molecule has 1 aromatic heterocycles. The van der Waals surface area contributed by atoms with E-state index in [1.165, 1.54) is 0 Å². The van der Waals surface area contributed by atoms with E-state index in [-0.39, 0.29) is 23.1 Å². The number of hydrogen-bond donors (Lipinski definition) is 0. The van der Waals surface area contributed by atoms with Crippen LogP contribution >= 0.6 is 0 Å². The number of hydrogen-bond acceptors (Lipinski definition) is 4. The summed E-state index contributed by atoms with van der Waals surface area (Å²) in [5.41, 5.74) is 0.313. The molecule has 1 spiro atoms. The van der Waals surface area contributed by atoms with Crippen molar-refractivity contribution in [2.24, 2.45) is 5.41 Å². The first-order valence-corrected chi connectivity index (χ1v) is 11.1. The zero-order valence-corrected chi connectivity index (χ0v) is 16.3. The van der Waals surface area contributed by atoms with Crippen LogP contribution in [0.25, 0.3) is 0 Å². The molecule has 142 valence electrons.